The fraction of sp³-hybridized carbons (Fsp3) is 0.750. The largest absolute Gasteiger partial charge is 0.354 e. The van der Waals surface area contributed by atoms with E-state index in [1.165, 1.54) is 19.4 Å². The molecule has 0 aliphatic carbocycles. The van der Waals surface area contributed by atoms with Gasteiger partial charge >= 0.3 is 0 Å². The van der Waals surface area contributed by atoms with E-state index in [1.807, 2.05) is 6.92 Å². The van der Waals surface area contributed by atoms with Crippen LogP contribution < -0.4 is 10.6 Å². The van der Waals surface area contributed by atoms with Crippen molar-refractivity contribution < 1.29 is 0 Å². The van der Waals surface area contributed by atoms with Crippen LogP contribution in [-0.2, 0) is 0 Å². The molecule has 19 heavy (non-hydrogen) atoms. The van der Waals surface area contributed by atoms with Crippen LogP contribution in [0.1, 0.15) is 26.7 Å². The summed E-state index contributed by atoms with van der Waals surface area (Å²) >= 11 is 5.88. The van der Waals surface area contributed by atoms with Crippen molar-refractivity contribution in [2.24, 2.45) is 0 Å². The van der Waals surface area contributed by atoms with Crippen molar-refractivity contribution >= 4 is 23.5 Å². The molecule has 1 aliphatic rings. The van der Waals surface area contributed by atoms with Crippen LogP contribution in [0, 0.1) is 0 Å². The van der Waals surface area contributed by atoms with Crippen molar-refractivity contribution in [2.75, 3.05) is 36.8 Å². The maximum atomic E-state index is 5.88. The van der Waals surface area contributed by atoms with Gasteiger partial charge in [0.1, 0.15) is 0 Å². The van der Waals surface area contributed by atoms with Crippen LogP contribution in [0.3, 0.4) is 0 Å². The first-order chi connectivity index (χ1) is 9.22. The molecular weight excluding hydrogens is 264 g/mol. The molecule has 2 heterocycles. The van der Waals surface area contributed by atoms with Crippen molar-refractivity contribution in [3.05, 3.63) is 5.28 Å². The van der Waals surface area contributed by atoms with E-state index in [-0.39, 0.29) is 5.28 Å². The van der Waals surface area contributed by atoms with Crippen LogP contribution in [0.25, 0.3) is 0 Å². The van der Waals surface area contributed by atoms with E-state index < -0.39 is 0 Å². The van der Waals surface area contributed by atoms with E-state index in [0.29, 0.717) is 17.9 Å². The summed E-state index contributed by atoms with van der Waals surface area (Å²) in [7, 11) is 0. The second-order valence-electron chi connectivity index (χ2n) is 4.59. The van der Waals surface area contributed by atoms with Crippen molar-refractivity contribution in [1.29, 1.82) is 0 Å². The Morgan fingerprint density at radius 3 is 2.63 bits per heavy atom. The average Bonchev–Trinajstić information content (AvgIpc) is 2.83. The first kappa shape index (κ1) is 14.3. The topological polar surface area (TPSA) is 66.0 Å². The first-order valence-corrected chi connectivity index (χ1v) is 7.24. The van der Waals surface area contributed by atoms with Crippen LogP contribution in [-0.4, -0.2) is 52.1 Å². The highest BCUT2D eigenvalue weighted by Gasteiger charge is 2.22. The Hall–Kier alpha value is -1.14. The van der Waals surface area contributed by atoms with Crippen molar-refractivity contribution in [2.45, 2.75) is 32.7 Å². The molecule has 0 bridgehead atoms. The van der Waals surface area contributed by atoms with E-state index in [2.05, 4.69) is 37.4 Å². The van der Waals surface area contributed by atoms with Crippen molar-refractivity contribution in [3.8, 4) is 0 Å². The molecule has 1 unspecified atom stereocenters. The van der Waals surface area contributed by atoms with Gasteiger partial charge in [-0.1, -0.05) is 6.92 Å². The Bertz CT molecular complexity index is 413. The Morgan fingerprint density at radius 1 is 1.21 bits per heavy atom. The van der Waals surface area contributed by atoms with Gasteiger partial charge in [-0.05, 0) is 44.5 Å². The Balaban J connectivity index is 1.95. The van der Waals surface area contributed by atoms with Crippen LogP contribution in [0.5, 0.6) is 0 Å². The van der Waals surface area contributed by atoms with Gasteiger partial charge in [-0.25, -0.2) is 0 Å². The molecule has 1 atom stereocenters. The molecule has 1 aromatic rings. The highest BCUT2D eigenvalue weighted by atomic mass is 35.5. The Kier molecular flexibility index (Phi) is 5.15. The zero-order valence-corrected chi connectivity index (χ0v) is 12.2. The number of nitrogens with one attached hydrogen (secondary N) is 2. The van der Waals surface area contributed by atoms with Gasteiger partial charge in [0.05, 0.1) is 0 Å². The molecular formula is C12H21ClN6. The molecule has 2 N–H and O–H groups in total. The van der Waals surface area contributed by atoms with Crippen LogP contribution in [0.2, 0.25) is 5.28 Å². The number of nitrogens with zero attached hydrogens (tertiary/aromatic N) is 4. The van der Waals surface area contributed by atoms with Crippen LogP contribution in [0.4, 0.5) is 11.9 Å². The van der Waals surface area contributed by atoms with E-state index in [0.717, 1.165) is 19.6 Å². The minimum atomic E-state index is 0.215. The molecule has 0 spiro atoms. The number of aromatic nitrogens is 3. The van der Waals surface area contributed by atoms with Crippen LogP contribution >= 0.6 is 11.6 Å². The maximum absolute atomic E-state index is 5.88. The minimum absolute atomic E-state index is 0.215. The zero-order chi connectivity index (χ0) is 13.7. The summed E-state index contributed by atoms with van der Waals surface area (Å²) in [4.78, 5) is 14.9. The monoisotopic (exact) mass is 284 g/mol. The lowest BCUT2D eigenvalue weighted by Crippen LogP contribution is -2.35. The van der Waals surface area contributed by atoms with Crippen molar-refractivity contribution in [3.63, 3.8) is 0 Å². The average molecular weight is 285 g/mol. The molecule has 0 amide bonds. The van der Waals surface area contributed by atoms with Gasteiger partial charge in [0.2, 0.25) is 17.2 Å². The Morgan fingerprint density at radius 2 is 1.95 bits per heavy atom. The third-order valence-corrected chi connectivity index (χ3v) is 3.51. The standard InChI is InChI=1S/C12H21ClN6/c1-3-14-11-16-10(13)17-12(18-11)15-8-9-6-5-7-19(9)4-2/h9H,3-8H2,1-2H3,(H2,14,15,16,17,18). The van der Waals surface area contributed by atoms with Gasteiger partial charge in [-0.3, -0.25) is 4.90 Å². The fourth-order valence-corrected chi connectivity index (χ4v) is 2.58. The summed E-state index contributed by atoms with van der Waals surface area (Å²) in [5, 5.41) is 6.52. The molecule has 106 valence electrons. The molecule has 1 saturated heterocycles. The number of hydrogen-bond acceptors (Lipinski definition) is 6. The van der Waals surface area contributed by atoms with Gasteiger partial charge in [0.25, 0.3) is 0 Å². The molecule has 0 saturated carbocycles. The molecule has 0 aromatic carbocycles. The summed E-state index contributed by atoms with van der Waals surface area (Å²) in [6, 6.07) is 0.558. The van der Waals surface area contributed by atoms with Gasteiger partial charge in [0.15, 0.2) is 0 Å². The quantitative estimate of drug-likeness (QED) is 0.831. The molecule has 1 fully saturated rings. The minimum Gasteiger partial charge on any atom is -0.354 e. The van der Waals surface area contributed by atoms with Gasteiger partial charge in [-0.15, -0.1) is 0 Å². The summed E-state index contributed by atoms with van der Waals surface area (Å²) < 4.78 is 0. The number of halogens is 1. The lowest BCUT2D eigenvalue weighted by molar-refractivity contribution is 0.277. The van der Waals surface area contributed by atoms with E-state index in [9.17, 15) is 0 Å². The lowest BCUT2D eigenvalue weighted by Gasteiger charge is -2.22. The number of likely N-dealkylation sites (N-methyl/N-ethyl adjacent to an activating group) is 1. The Labute approximate surface area is 119 Å². The summed E-state index contributed by atoms with van der Waals surface area (Å²) in [5.41, 5.74) is 0. The number of likely N-dealkylation sites (tertiary alicyclic amines) is 1. The van der Waals surface area contributed by atoms with E-state index in [1.54, 1.807) is 0 Å². The fourth-order valence-electron chi connectivity index (χ4n) is 2.42. The first-order valence-electron chi connectivity index (χ1n) is 6.86. The van der Waals surface area contributed by atoms with Gasteiger partial charge in [-0.2, -0.15) is 15.0 Å². The molecule has 1 aromatic heterocycles. The van der Waals surface area contributed by atoms with E-state index in [4.69, 9.17) is 11.6 Å². The second-order valence-corrected chi connectivity index (χ2v) is 4.93. The smallest absolute Gasteiger partial charge is 0.228 e. The van der Waals surface area contributed by atoms with Gasteiger partial charge in [0, 0.05) is 19.1 Å². The number of anilines is 2. The predicted molar refractivity (Wildman–Crippen MR) is 77.8 cm³/mol. The summed E-state index contributed by atoms with van der Waals surface area (Å²) in [6.07, 6.45) is 2.49. The highest BCUT2D eigenvalue weighted by Crippen LogP contribution is 2.17. The molecule has 7 heteroatoms. The third kappa shape index (κ3) is 3.91. The molecule has 6 nitrogen and oxygen atoms in total. The molecule has 0 radical (unpaired) electrons. The molecule has 1 aliphatic heterocycles. The predicted octanol–water partition coefficient (Wildman–Crippen LogP) is 1.85. The molecule has 2 rings (SSSR count). The summed E-state index contributed by atoms with van der Waals surface area (Å²) in [5.74, 6) is 1.06. The maximum Gasteiger partial charge on any atom is 0.228 e. The van der Waals surface area contributed by atoms with Gasteiger partial charge < -0.3 is 10.6 Å². The van der Waals surface area contributed by atoms with Crippen LogP contribution in [0.15, 0.2) is 0 Å². The zero-order valence-electron chi connectivity index (χ0n) is 11.5. The third-order valence-electron chi connectivity index (χ3n) is 3.34. The summed E-state index contributed by atoms with van der Waals surface area (Å²) in [6.45, 7) is 8.06. The van der Waals surface area contributed by atoms with E-state index >= 15 is 0 Å². The SMILES string of the molecule is CCNc1nc(Cl)nc(NCC2CCCN2CC)n1. The number of hydrogen-bond donors (Lipinski definition) is 2. The lowest BCUT2D eigenvalue weighted by atomic mass is 10.2. The second kappa shape index (κ2) is 6.86. The highest BCUT2D eigenvalue weighted by molar-refractivity contribution is 6.28. The normalized spacial score (nSPS) is 19.6. The number of rotatable bonds is 6. The van der Waals surface area contributed by atoms with Crippen molar-refractivity contribution in [1.82, 2.24) is 19.9 Å².